The minimum absolute atomic E-state index is 0.0228. The molecule has 0 spiro atoms. The molecule has 0 saturated heterocycles. The van der Waals surface area contributed by atoms with Gasteiger partial charge in [-0.2, -0.15) is 22.6 Å². The lowest BCUT2D eigenvalue weighted by Crippen LogP contribution is -2.33. The normalized spacial score (nSPS) is 16.3. The Morgan fingerprint density at radius 3 is 2.49 bits per heavy atom. The zero-order valence-electron chi connectivity index (χ0n) is 18.5. The van der Waals surface area contributed by atoms with Crippen LogP contribution in [0.3, 0.4) is 0 Å². The van der Waals surface area contributed by atoms with E-state index in [-0.39, 0.29) is 17.7 Å². The Hall–Kier alpha value is -3.25. The fourth-order valence-electron chi connectivity index (χ4n) is 4.29. The molecular weight excluding hydrogens is 490 g/mol. The molecule has 1 unspecified atom stereocenters. The molecule has 186 valence electrons. The average molecular weight is 511 g/mol. The predicted octanol–water partition coefficient (Wildman–Crippen LogP) is 4.49. The molecule has 1 N–H and O–H groups in total. The highest BCUT2D eigenvalue weighted by Crippen LogP contribution is 2.39. The number of carboxylic acids is 1. The van der Waals surface area contributed by atoms with Crippen molar-refractivity contribution in [3.8, 4) is 11.1 Å². The van der Waals surface area contributed by atoms with Gasteiger partial charge in [0.05, 0.1) is 22.7 Å². The van der Waals surface area contributed by atoms with E-state index in [1.165, 1.54) is 30.1 Å². The molecule has 7 nitrogen and oxygen atoms in total. The largest absolute Gasteiger partial charge is 0.480 e. The minimum Gasteiger partial charge on any atom is -0.480 e. The molecule has 1 atom stereocenters. The fraction of sp³-hybridized carbons (Fsp3) is 0.304. The molecule has 2 aromatic carbocycles. The highest BCUT2D eigenvalue weighted by molar-refractivity contribution is 7.89. The van der Waals surface area contributed by atoms with Gasteiger partial charge in [0, 0.05) is 18.3 Å². The lowest BCUT2D eigenvalue weighted by atomic mass is 9.93. The van der Waals surface area contributed by atoms with Gasteiger partial charge in [-0.25, -0.2) is 12.8 Å². The lowest BCUT2D eigenvalue weighted by Gasteiger charge is -2.31. The Balaban J connectivity index is 1.77. The third-order valence-corrected chi connectivity index (χ3v) is 7.89. The highest BCUT2D eigenvalue weighted by Gasteiger charge is 2.37. The Bertz CT molecular complexity index is 1370. The van der Waals surface area contributed by atoms with Crippen LogP contribution in [-0.2, 0) is 34.0 Å². The van der Waals surface area contributed by atoms with Gasteiger partial charge < -0.3 is 5.11 Å². The van der Waals surface area contributed by atoms with Crippen LogP contribution in [0.2, 0.25) is 0 Å². The van der Waals surface area contributed by atoms with E-state index in [2.05, 4.69) is 5.10 Å². The summed E-state index contributed by atoms with van der Waals surface area (Å²) >= 11 is 0. The molecule has 1 aromatic heterocycles. The standard InChI is InChI=1S/C23H21F4N3O4S/c1-29(20-3-2-4-21-19(20)12-28-30(21)13-22(31)32)35(33,34)18-10-15(9-16(11-18)23(25,26)27)14-5-7-17(24)8-6-14/h5-12,20H,2-4,13H2,1H3,(H,31,32). The van der Waals surface area contributed by atoms with E-state index in [1.807, 2.05) is 0 Å². The second kappa shape index (κ2) is 9.08. The number of hydrogen-bond acceptors (Lipinski definition) is 4. The number of carboxylic acid groups (broad SMARTS) is 1. The van der Waals surface area contributed by atoms with Crippen LogP contribution >= 0.6 is 0 Å². The summed E-state index contributed by atoms with van der Waals surface area (Å²) in [6, 6.07) is 6.51. The monoisotopic (exact) mass is 511 g/mol. The Labute approximate surface area is 198 Å². The van der Waals surface area contributed by atoms with Crippen LogP contribution in [-0.4, -0.2) is 40.6 Å². The SMILES string of the molecule is CN(C1CCCc2c1cnn2CC(=O)O)S(=O)(=O)c1cc(-c2ccc(F)cc2)cc(C(F)(F)F)c1. The molecule has 1 heterocycles. The number of rotatable bonds is 6. The topological polar surface area (TPSA) is 92.5 Å². The van der Waals surface area contributed by atoms with Crippen molar-refractivity contribution in [2.24, 2.45) is 0 Å². The van der Waals surface area contributed by atoms with Crippen molar-refractivity contribution in [2.45, 2.75) is 42.9 Å². The number of carbonyl (C=O) groups is 1. The van der Waals surface area contributed by atoms with E-state index in [9.17, 15) is 30.8 Å². The van der Waals surface area contributed by atoms with Crippen molar-refractivity contribution >= 4 is 16.0 Å². The first-order valence-electron chi connectivity index (χ1n) is 10.6. The maximum atomic E-state index is 13.6. The zero-order valence-corrected chi connectivity index (χ0v) is 19.3. The molecular formula is C23H21F4N3O4S. The molecule has 0 saturated carbocycles. The molecule has 1 aliphatic rings. The molecule has 3 aromatic rings. The van der Waals surface area contributed by atoms with Crippen molar-refractivity contribution < 1.29 is 35.9 Å². The summed E-state index contributed by atoms with van der Waals surface area (Å²) in [5.74, 6) is -1.68. The second-order valence-corrected chi connectivity index (χ2v) is 10.3. The van der Waals surface area contributed by atoms with Crippen LogP contribution < -0.4 is 0 Å². The number of aliphatic carboxylic acids is 1. The van der Waals surface area contributed by atoms with Crippen molar-refractivity contribution in [3.05, 3.63) is 71.3 Å². The van der Waals surface area contributed by atoms with Gasteiger partial charge in [-0.1, -0.05) is 12.1 Å². The summed E-state index contributed by atoms with van der Waals surface area (Å²) in [6.45, 7) is -0.382. The molecule has 0 bridgehead atoms. The van der Waals surface area contributed by atoms with Crippen molar-refractivity contribution in [1.29, 1.82) is 0 Å². The van der Waals surface area contributed by atoms with Gasteiger partial charge in [0.15, 0.2) is 0 Å². The van der Waals surface area contributed by atoms with Gasteiger partial charge in [0.25, 0.3) is 0 Å². The maximum Gasteiger partial charge on any atom is 0.416 e. The third kappa shape index (κ3) is 4.94. The number of nitrogens with zero attached hydrogens (tertiary/aromatic N) is 3. The molecule has 1 aliphatic carbocycles. The average Bonchev–Trinajstić information content (AvgIpc) is 3.20. The lowest BCUT2D eigenvalue weighted by molar-refractivity contribution is -0.138. The number of aromatic nitrogens is 2. The van der Waals surface area contributed by atoms with E-state index in [4.69, 9.17) is 5.11 Å². The Morgan fingerprint density at radius 2 is 1.86 bits per heavy atom. The number of fused-ring (bicyclic) bond motifs is 1. The first kappa shape index (κ1) is 24.9. The van der Waals surface area contributed by atoms with E-state index in [1.54, 1.807) is 0 Å². The van der Waals surface area contributed by atoms with Crippen molar-refractivity contribution in [3.63, 3.8) is 0 Å². The summed E-state index contributed by atoms with van der Waals surface area (Å²) in [7, 11) is -3.13. The Morgan fingerprint density at radius 1 is 1.17 bits per heavy atom. The van der Waals surface area contributed by atoms with Gasteiger partial charge >= 0.3 is 12.1 Å². The summed E-state index contributed by atoms with van der Waals surface area (Å²) in [4.78, 5) is 10.6. The number of hydrogen-bond donors (Lipinski definition) is 1. The van der Waals surface area contributed by atoms with Gasteiger partial charge in [0.1, 0.15) is 12.4 Å². The summed E-state index contributed by atoms with van der Waals surface area (Å²) in [5.41, 5.74) is 0.165. The van der Waals surface area contributed by atoms with Crippen LogP contribution in [0.5, 0.6) is 0 Å². The predicted molar refractivity (Wildman–Crippen MR) is 117 cm³/mol. The molecule has 0 amide bonds. The first-order chi connectivity index (χ1) is 16.4. The highest BCUT2D eigenvalue weighted by atomic mass is 32.2. The molecule has 0 aliphatic heterocycles. The van der Waals surface area contributed by atoms with Crippen LogP contribution in [0, 0.1) is 5.82 Å². The van der Waals surface area contributed by atoms with E-state index in [0.717, 1.165) is 28.6 Å². The second-order valence-electron chi connectivity index (χ2n) is 8.28. The van der Waals surface area contributed by atoms with Gasteiger partial charge in [-0.15, -0.1) is 0 Å². The van der Waals surface area contributed by atoms with Gasteiger partial charge in [-0.05, 0) is 60.7 Å². The van der Waals surface area contributed by atoms with E-state index >= 15 is 0 Å². The van der Waals surface area contributed by atoms with Crippen LogP contribution in [0.25, 0.3) is 11.1 Å². The Kier molecular flexibility index (Phi) is 6.45. The molecule has 35 heavy (non-hydrogen) atoms. The van der Waals surface area contributed by atoms with Crippen molar-refractivity contribution in [1.82, 2.24) is 14.1 Å². The van der Waals surface area contributed by atoms with E-state index < -0.39 is 44.5 Å². The molecule has 4 rings (SSSR count). The van der Waals surface area contributed by atoms with Gasteiger partial charge in [0.2, 0.25) is 10.0 Å². The van der Waals surface area contributed by atoms with Gasteiger partial charge in [-0.3, -0.25) is 9.48 Å². The quantitative estimate of drug-likeness (QED) is 0.493. The smallest absolute Gasteiger partial charge is 0.416 e. The first-order valence-corrected chi connectivity index (χ1v) is 12.0. The zero-order chi connectivity index (χ0) is 25.5. The molecule has 0 fully saturated rings. The van der Waals surface area contributed by atoms with E-state index in [0.29, 0.717) is 36.6 Å². The van der Waals surface area contributed by atoms with Crippen LogP contribution in [0.1, 0.15) is 35.7 Å². The fourth-order valence-corrected chi connectivity index (χ4v) is 5.73. The van der Waals surface area contributed by atoms with Crippen LogP contribution in [0.4, 0.5) is 17.6 Å². The molecule has 12 heteroatoms. The summed E-state index contributed by atoms with van der Waals surface area (Å²) < 4.78 is 83.6. The minimum atomic E-state index is -4.81. The molecule has 0 radical (unpaired) electrons. The number of alkyl halides is 3. The number of benzene rings is 2. The summed E-state index contributed by atoms with van der Waals surface area (Å²) in [5, 5.41) is 13.2. The summed E-state index contributed by atoms with van der Waals surface area (Å²) in [6.07, 6.45) is -1.96. The van der Waals surface area contributed by atoms with Crippen molar-refractivity contribution in [2.75, 3.05) is 7.05 Å². The number of sulfonamides is 1. The third-order valence-electron chi connectivity index (χ3n) is 6.04. The maximum absolute atomic E-state index is 13.6. The number of halogens is 4. The van der Waals surface area contributed by atoms with Crippen LogP contribution in [0.15, 0.2) is 53.6 Å².